The number of urea groups is 1. The molecule has 34 heavy (non-hydrogen) atoms. The normalized spacial score (nSPS) is 10.9. The predicted octanol–water partition coefficient (Wildman–Crippen LogP) is 3.35. The van der Waals surface area contributed by atoms with Gasteiger partial charge in [0.05, 0.1) is 17.4 Å². The number of hydrogen-bond acceptors (Lipinski definition) is 10. The molecule has 0 unspecified atom stereocenters. The molecule has 3 amide bonds. The van der Waals surface area contributed by atoms with Crippen LogP contribution in [0.3, 0.4) is 0 Å². The lowest BCUT2D eigenvalue weighted by molar-refractivity contribution is 0.159. The van der Waals surface area contributed by atoms with Gasteiger partial charge in [-0.15, -0.1) is 11.3 Å². The van der Waals surface area contributed by atoms with Crippen molar-refractivity contribution < 1.29 is 18.7 Å². The lowest BCUT2D eigenvalue weighted by atomic mass is 10.3. The summed E-state index contributed by atoms with van der Waals surface area (Å²) in [5.74, 6) is 0.565. The van der Waals surface area contributed by atoms with E-state index in [1.807, 2.05) is 6.07 Å². The number of carbonyl (C=O) groups is 2. The molecule has 4 aromatic heterocycles. The van der Waals surface area contributed by atoms with Crippen LogP contribution in [0, 0.1) is 6.92 Å². The second kappa shape index (κ2) is 9.79. The zero-order chi connectivity index (χ0) is 24.4. The minimum Gasteiger partial charge on any atom is -0.439 e. The second-order valence-corrected chi connectivity index (χ2v) is 9.63. The van der Waals surface area contributed by atoms with E-state index in [2.05, 4.69) is 25.0 Å². The monoisotopic (exact) mass is 523 g/mol. The summed E-state index contributed by atoms with van der Waals surface area (Å²) in [4.78, 5) is 47.5. The van der Waals surface area contributed by atoms with E-state index in [0.717, 1.165) is 16.4 Å². The van der Waals surface area contributed by atoms with E-state index in [-0.39, 0.29) is 34.3 Å². The van der Waals surface area contributed by atoms with E-state index < -0.39 is 17.7 Å². The number of carbonyl (C=O) groups excluding carboxylic acids is 2. The Balaban J connectivity index is 1.35. The summed E-state index contributed by atoms with van der Waals surface area (Å²) < 4.78 is 16.9. The molecule has 4 rings (SSSR count). The van der Waals surface area contributed by atoms with Gasteiger partial charge in [-0.1, -0.05) is 11.6 Å². The quantitative estimate of drug-likeness (QED) is 0.391. The molecule has 0 saturated heterocycles. The van der Waals surface area contributed by atoms with E-state index in [0.29, 0.717) is 16.7 Å². The molecule has 0 aliphatic rings. The highest BCUT2D eigenvalue weighted by Gasteiger charge is 2.23. The number of halogens is 1. The maximum Gasteiger partial charge on any atom is 0.415 e. The third-order valence-corrected chi connectivity index (χ3v) is 6.41. The van der Waals surface area contributed by atoms with Crippen molar-refractivity contribution in [1.82, 2.24) is 29.1 Å². The van der Waals surface area contributed by atoms with Crippen LogP contribution in [0.4, 0.5) is 14.7 Å². The summed E-state index contributed by atoms with van der Waals surface area (Å²) in [5, 5.41) is 5.64. The van der Waals surface area contributed by atoms with Crippen molar-refractivity contribution in [3.8, 4) is 5.75 Å². The number of rotatable bonds is 6. The highest BCUT2D eigenvalue weighted by atomic mass is 35.5. The molecule has 0 spiro atoms. The van der Waals surface area contributed by atoms with Crippen LogP contribution in [0.2, 0.25) is 4.34 Å². The second-order valence-electron chi connectivity index (χ2n) is 7.08. The number of furan rings is 1. The fourth-order valence-electron chi connectivity index (χ4n) is 2.85. The molecule has 0 aliphatic heterocycles. The van der Waals surface area contributed by atoms with Crippen LogP contribution in [0.1, 0.15) is 16.5 Å². The van der Waals surface area contributed by atoms with Crippen molar-refractivity contribution in [3.63, 3.8) is 0 Å². The molecule has 0 radical (unpaired) electrons. The SMILES string of the molecule is Cc1oc2ncn(C)c(=O)c2c1OC(=O)N(C)Cc1nsc(NC(=O)NCc2ccc(Cl)s2)n1. The molecule has 0 bridgehead atoms. The molecular weight excluding hydrogens is 506 g/mol. The van der Waals surface area contributed by atoms with Crippen LogP contribution in [-0.2, 0) is 20.1 Å². The molecule has 178 valence electrons. The van der Waals surface area contributed by atoms with Crippen molar-refractivity contribution >= 4 is 62.8 Å². The molecule has 0 aliphatic carbocycles. The number of thiophene rings is 1. The largest absolute Gasteiger partial charge is 0.439 e. The van der Waals surface area contributed by atoms with Gasteiger partial charge in [0.2, 0.25) is 10.8 Å². The summed E-state index contributed by atoms with van der Waals surface area (Å²) in [7, 11) is 3.02. The van der Waals surface area contributed by atoms with Crippen LogP contribution < -0.4 is 20.9 Å². The Bertz CT molecular complexity index is 1430. The van der Waals surface area contributed by atoms with E-state index in [1.54, 1.807) is 13.0 Å². The fraction of sp³-hybridized carbons (Fsp3) is 0.263. The lowest BCUT2D eigenvalue weighted by Crippen LogP contribution is -2.30. The molecule has 4 heterocycles. The average molecular weight is 524 g/mol. The zero-order valence-electron chi connectivity index (χ0n) is 18.1. The standard InChI is InChI=1S/C19H18ClN7O5S2/c1-9-14(13-15(31-9)22-8-27(3)16(13)28)32-19(30)26(2)7-12-23-18(34-25-12)24-17(29)21-6-10-4-5-11(20)33-10/h4-5,8H,6-7H2,1-3H3,(H2,21,23,24,25,29). The van der Waals surface area contributed by atoms with Gasteiger partial charge in [-0.25, -0.2) is 19.6 Å². The van der Waals surface area contributed by atoms with Crippen molar-refractivity contribution in [3.05, 3.63) is 49.6 Å². The molecular formula is C19H18ClN7O5S2. The van der Waals surface area contributed by atoms with Gasteiger partial charge in [0.25, 0.3) is 5.56 Å². The minimum atomic E-state index is -0.742. The number of nitrogens with zero attached hydrogens (tertiary/aromatic N) is 5. The highest BCUT2D eigenvalue weighted by molar-refractivity contribution is 7.16. The summed E-state index contributed by atoms with van der Waals surface area (Å²) in [5.41, 5.74) is -0.312. The molecule has 0 atom stereocenters. The molecule has 4 aromatic rings. The van der Waals surface area contributed by atoms with E-state index in [9.17, 15) is 14.4 Å². The third kappa shape index (κ3) is 5.18. The lowest BCUT2D eigenvalue weighted by Gasteiger charge is -2.14. The van der Waals surface area contributed by atoms with Gasteiger partial charge in [0, 0.05) is 30.5 Å². The van der Waals surface area contributed by atoms with E-state index >= 15 is 0 Å². The molecule has 15 heteroatoms. The number of anilines is 1. The summed E-state index contributed by atoms with van der Waals surface area (Å²) in [6.45, 7) is 1.91. The summed E-state index contributed by atoms with van der Waals surface area (Å²) >= 11 is 8.22. The van der Waals surface area contributed by atoms with Crippen LogP contribution in [0.5, 0.6) is 5.75 Å². The van der Waals surface area contributed by atoms with Gasteiger partial charge in [-0.05, 0) is 19.1 Å². The molecule has 0 aromatic carbocycles. The Morgan fingerprint density at radius 1 is 1.35 bits per heavy atom. The van der Waals surface area contributed by atoms with Gasteiger partial charge < -0.3 is 23.9 Å². The third-order valence-electron chi connectivity index (χ3n) is 4.51. The maximum atomic E-state index is 12.6. The average Bonchev–Trinajstić information content (AvgIpc) is 3.49. The number of amides is 3. The predicted molar refractivity (Wildman–Crippen MR) is 127 cm³/mol. The first-order valence-electron chi connectivity index (χ1n) is 9.70. The smallest absolute Gasteiger partial charge is 0.415 e. The molecule has 12 nitrogen and oxygen atoms in total. The van der Waals surface area contributed by atoms with Gasteiger partial charge in [0.15, 0.2) is 11.6 Å². The Hall–Kier alpha value is -3.49. The van der Waals surface area contributed by atoms with E-state index in [1.165, 1.54) is 41.2 Å². The van der Waals surface area contributed by atoms with Crippen LogP contribution in [0.25, 0.3) is 11.1 Å². The first-order chi connectivity index (χ1) is 16.2. The van der Waals surface area contributed by atoms with Crippen molar-refractivity contribution in [2.45, 2.75) is 20.0 Å². The Labute approximate surface area is 205 Å². The Morgan fingerprint density at radius 2 is 2.15 bits per heavy atom. The molecule has 0 saturated carbocycles. The van der Waals surface area contributed by atoms with Crippen LogP contribution in [-0.4, -0.2) is 43.0 Å². The van der Waals surface area contributed by atoms with E-state index in [4.69, 9.17) is 20.8 Å². The number of fused-ring (bicyclic) bond motifs is 1. The first kappa shape index (κ1) is 23.7. The van der Waals surface area contributed by atoms with Crippen molar-refractivity contribution in [2.24, 2.45) is 7.05 Å². The summed E-state index contributed by atoms with van der Waals surface area (Å²) in [6, 6.07) is 3.14. The number of nitrogens with one attached hydrogen (secondary N) is 2. The van der Waals surface area contributed by atoms with Crippen LogP contribution >= 0.6 is 34.5 Å². The number of aromatic nitrogens is 4. The van der Waals surface area contributed by atoms with Gasteiger partial charge in [0.1, 0.15) is 17.5 Å². The van der Waals surface area contributed by atoms with Crippen LogP contribution in [0.15, 0.2) is 27.7 Å². The Morgan fingerprint density at radius 3 is 2.88 bits per heavy atom. The molecule has 0 fully saturated rings. The maximum absolute atomic E-state index is 12.6. The number of aryl methyl sites for hydroxylation is 2. The van der Waals surface area contributed by atoms with Gasteiger partial charge in [-0.3, -0.25) is 10.1 Å². The highest BCUT2D eigenvalue weighted by Crippen LogP contribution is 2.29. The van der Waals surface area contributed by atoms with Crippen molar-refractivity contribution in [2.75, 3.05) is 12.4 Å². The fourth-order valence-corrected chi connectivity index (χ4v) is 4.45. The number of hydrogen-bond donors (Lipinski definition) is 2. The van der Waals surface area contributed by atoms with Gasteiger partial charge in [-0.2, -0.15) is 4.37 Å². The Kier molecular flexibility index (Phi) is 6.81. The minimum absolute atomic E-state index is 0.0113. The first-order valence-corrected chi connectivity index (χ1v) is 11.7. The van der Waals surface area contributed by atoms with Gasteiger partial charge >= 0.3 is 12.1 Å². The zero-order valence-corrected chi connectivity index (χ0v) is 20.5. The summed E-state index contributed by atoms with van der Waals surface area (Å²) in [6.07, 6.45) is 0.580. The van der Waals surface area contributed by atoms with Crippen molar-refractivity contribution in [1.29, 1.82) is 0 Å². The molecule has 2 N–H and O–H groups in total. The topological polar surface area (TPSA) is 144 Å². The number of ether oxygens (including phenoxy) is 1.